The first-order chi connectivity index (χ1) is 19.6. The molecule has 206 valence electrons. The highest BCUT2D eigenvalue weighted by Gasteiger charge is 2.32. The number of hydrogen-bond donors (Lipinski definition) is 3. The summed E-state index contributed by atoms with van der Waals surface area (Å²) in [5, 5.41) is 14.5. The van der Waals surface area contributed by atoms with Gasteiger partial charge in [-0.15, -0.1) is 11.3 Å². The fourth-order valence-electron chi connectivity index (χ4n) is 5.62. The number of rotatable bonds is 8. The molecule has 2 aliphatic rings. The van der Waals surface area contributed by atoms with Crippen molar-refractivity contribution in [3.05, 3.63) is 82.3 Å². The van der Waals surface area contributed by atoms with Crippen molar-refractivity contribution in [3.63, 3.8) is 0 Å². The number of nitrogens with one attached hydrogen (secondary N) is 3. The van der Waals surface area contributed by atoms with Crippen LogP contribution in [-0.4, -0.2) is 56.0 Å². The van der Waals surface area contributed by atoms with Crippen molar-refractivity contribution < 1.29 is 9.59 Å². The molecule has 0 radical (unpaired) electrons. The maximum atomic E-state index is 13.5. The van der Waals surface area contributed by atoms with E-state index in [-0.39, 0.29) is 17.9 Å². The number of nitrogens with zero attached hydrogens (tertiary/aromatic N) is 4. The number of aromatic amines is 1. The number of pyridine rings is 1. The Hall–Kier alpha value is -3.89. The maximum absolute atomic E-state index is 13.5. The zero-order valence-electron chi connectivity index (χ0n) is 22.5. The minimum absolute atomic E-state index is 0.0924. The van der Waals surface area contributed by atoms with Crippen LogP contribution >= 0.6 is 11.3 Å². The Morgan fingerprint density at radius 3 is 2.88 bits per heavy atom. The molecule has 1 aliphatic carbocycles. The molecule has 0 spiro atoms. The summed E-state index contributed by atoms with van der Waals surface area (Å²) in [5.74, 6) is -0.273. The van der Waals surface area contributed by atoms with Gasteiger partial charge in [-0.05, 0) is 81.0 Å². The summed E-state index contributed by atoms with van der Waals surface area (Å²) in [5.41, 5.74) is 4.68. The number of thiazole rings is 1. The van der Waals surface area contributed by atoms with Gasteiger partial charge in [-0.2, -0.15) is 5.10 Å². The Morgan fingerprint density at radius 2 is 2.02 bits per heavy atom. The highest BCUT2D eigenvalue weighted by molar-refractivity contribution is 7.15. The Labute approximate surface area is 237 Å². The molecule has 6 rings (SSSR count). The molecule has 2 amide bonds. The lowest BCUT2D eigenvalue weighted by atomic mass is 9.98. The second-order valence-electron chi connectivity index (χ2n) is 10.4. The van der Waals surface area contributed by atoms with Crippen LogP contribution in [0.15, 0.2) is 54.9 Å². The number of carbonyl (C=O) groups excluding carboxylic acids is 2. The van der Waals surface area contributed by atoms with Crippen LogP contribution in [0.3, 0.4) is 0 Å². The van der Waals surface area contributed by atoms with E-state index in [0.717, 1.165) is 61.9 Å². The quantitative estimate of drug-likeness (QED) is 0.281. The number of aromatic nitrogens is 4. The third-order valence-corrected chi connectivity index (χ3v) is 8.71. The van der Waals surface area contributed by atoms with E-state index < -0.39 is 0 Å². The van der Waals surface area contributed by atoms with Gasteiger partial charge in [-0.25, -0.2) is 4.98 Å². The largest absolute Gasteiger partial charge is 0.330 e. The summed E-state index contributed by atoms with van der Waals surface area (Å²) < 4.78 is 0. The first-order valence-corrected chi connectivity index (χ1v) is 14.8. The van der Waals surface area contributed by atoms with Crippen molar-refractivity contribution in [3.8, 4) is 11.3 Å². The Balaban J connectivity index is 1.14. The third-order valence-electron chi connectivity index (χ3n) is 7.67. The Bertz CT molecular complexity index is 1500. The van der Waals surface area contributed by atoms with Gasteiger partial charge in [0.15, 0.2) is 5.13 Å². The smallest absolute Gasteiger partial charge is 0.272 e. The van der Waals surface area contributed by atoms with Crippen LogP contribution in [0.4, 0.5) is 5.13 Å². The van der Waals surface area contributed by atoms with E-state index >= 15 is 0 Å². The van der Waals surface area contributed by atoms with Gasteiger partial charge in [-0.3, -0.25) is 25.0 Å². The highest BCUT2D eigenvalue weighted by atomic mass is 32.1. The lowest BCUT2D eigenvalue weighted by Crippen LogP contribution is -2.34. The number of aryl methyl sites for hydroxylation is 1. The van der Waals surface area contributed by atoms with Crippen LogP contribution in [-0.2, 0) is 12.8 Å². The number of hydrogen-bond acceptors (Lipinski definition) is 7. The fraction of sp³-hybridized carbons (Fsp3) is 0.367. The molecular weight excluding hydrogens is 522 g/mol. The molecule has 0 unspecified atom stereocenters. The predicted octanol–water partition coefficient (Wildman–Crippen LogP) is 5.01. The molecule has 4 aromatic rings. The van der Waals surface area contributed by atoms with Gasteiger partial charge in [0.05, 0.1) is 17.4 Å². The number of fused-ring (bicyclic) bond motifs is 1. The molecule has 40 heavy (non-hydrogen) atoms. The van der Waals surface area contributed by atoms with E-state index in [9.17, 15) is 9.59 Å². The Morgan fingerprint density at radius 1 is 1.15 bits per heavy atom. The molecule has 1 aromatic carbocycles. The molecule has 0 saturated carbocycles. The number of anilines is 1. The topological polar surface area (TPSA) is 116 Å². The lowest BCUT2D eigenvalue weighted by molar-refractivity contribution is 0.0729. The van der Waals surface area contributed by atoms with Crippen LogP contribution < -0.4 is 10.6 Å². The summed E-state index contributed by atoms with van der Waals surface area (Å²) >= 11 is 1.58. The second kappa shape index (κ2) is 11.7. The van der Waals surface area contributed by atoms with E-state index in [1.54, 1.807) is 29.8 Å². The van der Waals surface area contributed by atoms with Gasteiger partial charge in [0.25, 0.3) is 11.8 Å². The third kappa shape index (κ3) is 5.55. The normalized spacial score (nSPS) is 18.5. The van der Waals surface area contributed by atoms with Gasteiger partial charge < -0.3 is 10.2 Å². The zero-order valence-corrected chi connectivity index (χ0v) is 23.3. The number of H-pyrrole nitrogens is 1. The minimum atomic E-state index is -0.181. The molecule has 3 N–H and O–H groups in total. The number of amides is 2. The van der Waals surface area contributed by atoms with Gasteiger partial charge >= 0.3 is 0 Å². The highest BCUT2D eigenvalue weighted by Crippen LogP contribution is 2.34. The average Bonchev–Trinajstić information content (AvgIpc) is 3.76. The SMILES string of the molecule is CCCN[C@H]1CCc2nc(NC(=O)c3cccc([C@H]4CCCN4C(=O)c4cc(-c5ccncc5)n[nH]4)c3)sc2C1. The molecule has 10 heteroatoms. The van der Waals surface area contributed by atoms with Crippen LogP contribution in [0.1, 0.15) is 75.6 Å². The average molecular weight is 556 g/mol. The van der Waals surface area contributed by atoms with Crippen molar-refractivity contribution in [2.75, 3.05) is 18.4 Å². The summed E-state index contributed by atoms with van der Waals surface area (Å²) in [7, 11) is 0. The lowest BCUT2D eigenvalue weighted by Gasteiger charge is -2.25. The second-order valence-corrected chi connectivity index (χ2v) is 11.5. The van der Waals surface area contributed by atoms with Crippen LogP contribution in [0, 0.1) is 0 Å². The van der Waals surface area contributed by atoms with Crippen molar-refractivity contribution >= 4 is 28.3 Å². The minimum Gasteiger partial charge on any atom is -0.330 e. The monoisotopic (exact) mass is 555 g/mol. The van der Waals surface area contributed by atoms with Crippen LogP contribution in [0.25, 0.3) is 11.3 Å². The van der Waals surface area contributed by atoms with E-state index in [0.29, 0.717) is 34.7 Å². The molecule has 1 fully saturated rings. The molecule has 4 heterocycles. The van der Waals surface area contributed by atoms with Crippen molar-refractivity contribution in [1.29, 1.82) is 0 Å². The maximum Gasteiger partial charge on any atom is 0.272 e. The van der Waals surface area contributed by atoms with Crippen molar-refractivity contribution in [1.82, 2.24) is 30.4 Å². The summed E-state index contributed by atoms with van der Waals surface area (Å²) in [6.45, 7) is 3.86. The molecule has 2 atom stereocenters. The van der Waals surface area contributed by atoms with Gasteiger partial charge in [0, 0.05) is 41.0 Å². The summed E-state index contributed by atoms with van der Waals surface area (Å²) in [6.07, 6.45) is 9.24. The Kier molecular flexibility index (Phi) is 7.70. The number of likely N-dealkylation sites (tertiary alicyclic amines) is 1. The number of benzene rings is 1. The molecule has 0 bridgehead atoms. The molecule has 3 aromatic heterocycles. The van der Waals surface area contributed by atoms with Gasteiger partial charge in [0.2, 0.25) is 0 Å². The van der Waals surface area contributed by atoms with Crippen molar-refractivity contribution in [2.45, 2.75) is 57.5 Å². The van der Waals surface area contributed by atoms with E-state index in [4.69, 9.17) is 4.98 Å². The van der Waals surface area contributed by atoms with Gasteiger partial charge in [-0.1, -0.05) is 19.1 Å². The zero-order chi connectivity index (χ0) is 27.5. The molecule has 1 aliphatic heterocycles. The van der Waals surface area contributed by atoms with Gasteiger partial charge in [0.1, 0.15) is 5.69 Å². The van der Waals surface area contributed by atoms with Crippen LogP contribution in [0.5, 0.6) is 0 Å². The standard InChI is InChI=1S/C30H33N7O2S/c1-2-12-32-22-8-9-23-27(17-22)40-30(33-23)34-28(38)21-6-3-5-20(16-21)26-7-4-15-37(26)29(39)25-18-24(35-36-25)19-10-13-31-14-11-19/h3,5-6,10-11,13-14,16,18,22,26,32H,2,4,7-9,12,15,17H2,1H3,(H,35,36)(H,33,34,38)/t22-,26+/m0/s1. The summed E-state index contributed by atoms with van der Waals surface area (Å²) in [4.78, 5) is 38.6. The van der Waals surface area contributed by atoms with E-state index in [1.807, 2.05) is 41.3 Å². The molecule has 9 nitrogen and oxygen atoms in total. The first kappa shape index (κ1) is 26.3. The van der Waals surface area contributed by atoms with Crippen LogP contribution in [0.2, 0.25) is 0 Å². The first-order valence-electron chi connectivity index (χ1n) is 14.0. The summed E-state index contributed by atoms with van der Waals surface area (Å²) in [6, 6.07) is 13.5. The predicted molar refractivity (Wildman–Crippen MR) is 155 cm³/mol. The van der Waals surface area contributed by atoms with Crippen molar-refractivity contribution in [2.24, 2.45) is 0 Å². The number of carbonyl (C=O) groups is 2. The van der Waals surface area contributed by atoms with E-state index in [2.05, 4.69) is 32.7 Å². The molecular formula is C30H33N7O2S. The van der Waals surface area contributed by atoms with E-state index in [1.165, 1.54) is 4.88 Å². The molecule has 1 saturated heterocycles. The fourth-order valence-corrected chi connectivity index (χ4v) is 6.70.